The van der Waals surface area contributed by atoms with Gasteiger partial charge in [0.25, 0.3) is 5.69 Å². The highest BCUT2D eigenvalue weighted by molar-refractivity contribution is 9.11. The van der Waals surface area contributed by atoms with E-state index < -0.39 is 4.92 Å². The van der Waals surface area contributed by atoms with Crippen LogP contribution in [0.2, 0.25) is 0 Å². The van der Waals surface area contributed by atoms with E-state index in [4.69, 9.17) is 0 Å². The van der Waals surface area contributed by atoms with Gasteiger partial charge in [0.2, 0.25) is 0 Å². The fourth-order valence-corrected chi connectivity index (χ4v) is 4.52. The zero-order valence-corrected chi connectivity index (χ0v) is 15.3. The maximum Gasteiger partial charge on any atom is 0.293 e. The summed E-state index contributed by atoms with van der Waals surface area (Å²) >= 11 is 5.23. The second kappa shape index (κ2) is 7.42. The van der Waals surface area contributed by atoms with E-state index in [1.54, 1.807) is 23.5 Å². The van der Waals surface area contributed by atoms with Crippen LogP contribution in [0, 0.1) is 10.1 Å². The Morgan fingerprint density at radius 1 is 1.29 bits per heavy atom. The summed E-state index contributed by atoms with van der Waals surface area (Å²) in [5.74, 6) is 0. The van der Waals surface area contributed by atoms with E-state index in [1.807, 2.05) is 4.90 Å². The van der Waals surface area contributed by atoms with E-state index in [2.05, 4.69) is 28.1 Å². The molecule has 8 heteroatoms. The Morgan fingerprint density at radius 2 is 2.04 bits per heavy atom. The largest absolute Gasteiger partial charge is 0.355 e. The summed E-state index contributed by atoms with van der Waals surface area (Å²) in [6.45, 7) is 4.38. The molecule has 0 radical (unpaired) electrons. The molecule has 1 aliphatic heterocycles. The molecule has 0 bridgehead atoms. The van der Waals surface area contributed by atoms with Crippen LogP contribution in [0.5, 0.6) is 0 Å². The van der Waals surface area contributed by atoms with Crippen molar-refractivity contribution in [3.8, 4) is 0 Å². The number of nitro groups is 1. The van der Waals surface area contributed by atoms with Gasteiger partial charge in [0.05, 0.1) is 39.8 Å². The first-order valence-electron chi connectivity index (χ1n) is 7.63. The maximum atomic E-state index is 11.3. The molecule has 1 aromatic heterocycles. The lowest BCUT2D eigenvalue weighted by molar-refractivity contribution is -0.914. The number of rotatable bonds is 5. The number of nitrogens with zero attached hydrogens (tertiary/aromatic N) is 2. The molecule has 0 amide bonds. The summed E-state index contributed by atoms with van der Waals surface area (Å²) in [6, 6.07) is 8.87. The van der Waals surface area contributed by atoms with E-state index in [1.165, 1.54) is 15.8 Å². The monoisotopic (exact) mass is 410 g/mol. The molecule has 2 heterocycles. The molecule has 2 aromatic rings. The quantitative estimate of drug-likeness (QED) is 0.465. The lowest BCUT2D eigenvalue weighted by Crippen LogP contribution is -3.13. The summed E-state index contributed by atoms with van der Waals surface area (Å²) in [6.07, 6.45) is 0.637. The third kappa shape index (κ3) is 3.82. The van der Waals surface area contributed by atoms with E-state index in [9.17, 15) is 14.9 Å². The van der Waals surface area contributed by atoms with Gasteiger partial charge < -0.3 is 9.80 Å². The number of hydrogen-bond acceptors (Lipinski definition) is 5. The Balaban J connectivity index is 1.68. The Morgan fingerprint density at radius 3 is 2.62 bits per heavy atom. The Hall–Kier alpha value is -1.77. The summed E-state index contributed by atoms with van der Waals surface area (Å²) in [4.78, 5) is 26.6. The molecule has 24 heavy (non-hydrogen) atoms. The number of thiophene rings is 1. The third-order valence-corrected chi connectivity index (χ3v) is 5.82. The van der Waals surface area contributed by atoms with Gasteiger partial charge in [-0.2, -0.15) is 0 Å². The predicted octanol–water partition coefficient (Wildman–Crippen LogP) is 2.14. The highest BCUT2D eigenvalue weighted by Crippen LogP contribution is 2.29. The average Bonchev–Trinajstić information content (AvgIpc) is 3.00. The molecule has 0 unspecified atom stereocenters. The van der Waals surface area contributed by atoms with Gasteiger partial charge in [-0.15, -0.1) is 11.3 Å². The Bertz CT molecular complexity index is 757. The molecule has 1 aromatic carbocycles. The number of quaternary nitrogens is 1. The number of nitrogens with one attached hydrogen (secondary N) is 1. The van der Waals surface area contributed by atoms with Crippen molar-refractivity contribution in [1.29, 1.82) is 0 Å². The van der Waals surface area contributed by atoms with E-state index in [-0.39, 0.29) is 5.69 Å². The number of aldehydes is 1. The van der Waals surface area contributed by atoms with Crippen LogP contribution in [0.3, 0.4) is 0 Å². The number of carbonyl (C=O) groups is 1. The molecule has 6 nitrogen and oxygen atoms in total. The highest BCUT2D eigenvalue weighted by Gasteiger charge is 2.26. The maximum absolute atomic E-state index is 11.3. The summed E-state index contributed by atoms with van der Waals surface area (Å²) in [5.41, 5.74) is 0.937. The van der Waals surface area contributed by atoms with Crippen molar-refractivity contribution >= 4 is 44.9 Å². The number of benzene rings is 1. The van der Waals surface area contributed by atoms with Gasteiger partial charge in [-0.25, -0.2) is 0 Å². The van der Waals surface area contributed by atoms with Crippen molar-refractivity contribution in [2.24, 2.45) is 0 Å². The number of halogens is 1. The van der Waals surface area contributed by atoms with Crippen molar-refractivity contribution in [1.82, 2.24) is 0 Å². The van der Waals surface area contributed by atoms with Gasteiger partial charge in [0, 0.05) is 11.6 Å². The van der Waals surface area contributed by atoms with E-state index in [0.717, 1.165) is 36.5 Å². The fraction of sp³-hybridized carbons (Fsp3) is 0.312. The molecule has 1 aliphatic rings. The number of hydrogen-bond donors (Lipinski definition) is 1. The Labute approximate surface area is 152 Å². The molecular weight excluding hydrogens is 394 g/mol. The molecule has 0 aliphatic carbocycles. The van der Waals surface area contributed by atoms with E-state index >= 15 is 0 Å². The first-order chi connectivity index (χ1) is 11.6. The van der Waals surface area contributed by atoms with Crippen LogP contribution < -0.4 is 9.80 Å². The first kappa shape index (κ1) is 17.1. The lowest BCUT2D eigenvalue weighted by Gasteiger charge is -2.33. The van der Waals surface area contributed by atoms with Crippen molar-refractivity contribution in [2.75, 3.05) is 31.1 Å². The molecule has 0 saturated carbocycles. The van der Waals surface area contributed by atoms with Crippen LogP contribution in [0.25, 0.3) is 0 Å². The minimum Gasteiger partial charge on any atom is -0.355 e. The third-order valence-electron chi connectivity index (χ3n) is 4.20. The Kier molecular flexibility index (Phi) is 5.27. The van der Waals surface area contributed by atoms with Gasteiger partial charge in [-0.3, -0.25) is 14.9 Å². The molecule has 0 atom stereocenters. The van der Waals surface area contributed by atoms with Gasteiger partial charge >= 0.3 is 0 Å². The second-order valence-corrected chi connectivity index (χ2v) is 8.29. The van der Waals surface area contributed by atoms with Crippen LogP contribution >= 0.6 is 27.3 Å². The zero-order chi connectivity index (χ0) is 17.1. The second-order valence-electron chi connectivity index (χ2n) is 5.74. The van der Waals surface area contributed by atoms with Crippen molar-refractivity contribution in [3.63, 3.8) is 0 Å². The van der Waals surface area contributed by atoms with Crippen molar-refractivity contribution in [3.05, 3.63) is 54.7 Å². The van der Waals surface area contributed by atoms with Crippen molar-refractivity contribution < 1.29 is 14.6 Å². The van der Waals surface area contributed by atoms with Crippen molar-refractivity contribution in [2.45, 2.75) is 6.54 Å². The number of piperazine rings is 1. The molecule has 1 N–H and O–H groups in total. The molecule has 1 fully saturated rings. The number of nitro benzene ring substituents is 1. The van der Waals surface area contributed by atoms with Gasteiger partial charge in [0.15, 0.2) is 0 Å². The number of anilines is 1. The molecule has 0 spiro atoms. The summed E-state index contributed by atoms with van der Waals surface area (Å²) < 4.78 is 1.14. The first-order valence-corrected chi connectivity index (χ1v) is 9.24. The molecule has 1 saturated heterocycles. The normalized spacial score (nSPS) is 15.5. The zero-order valence-electron chi connectivity index (χ0n) is 12.9. The number of carbonyl (C=O) groups excluding carboxylic acids is 1. The van der Waals surface area contributed by atoms with Gasteiger partial charge in [-0.1, -0.05) is 0 Å². The minimum absolute atomic E-state index is 0.00485. The molecule has 126 valence electrons. The lowest BCUT2D eigenvalue weighted by atomic mass is 10.1. The molecule has 3 rings (SSSR count). The topological polar surface area (TPSA) is 67.9 Å². The SMILES string of the molecule is O=Cc1ccc(N2CC[NH+](Cc3ccc(Br)s3)CC2)c([N+](=O)[O-])c1. The highest BCUT2D eigenvalue weighted by atomic mass is 79.9. The summed E-state index contributed by atoms with van der Waals surface area (Å²) in [7, 11) is 0. The minimum atomic E-state index is -0.412. The smallest absolute Gasteiger partial charge is 0.293 e. The van der Waals surface area contributed by atoms with E-state index in [0.29, 0.717) is 17.5 Å². The van der Waals surface area contributed by atoms with Crippen LogP contribution in [-0.2, 0) is 6.54 Å². The van der Waals surface area contributed by atoms with Crippen LogP contribution in [-0.4, -0.2) is 37.4 Å². The summed E-state index contributed by atoms with van der Waals surface area (Å²) in [5, 5.41) is 11.3. The fourth-order valence-electron chi connectivity index (χ4n) is 2.96. The van der Waals surface area contributed by atoms with Crippen LogP contribution in [0.4, 0.5) is 11.4 Å². The van der Waals surface area contributed by atoms with Crippen LogP contribution in [0.1, 0.15) is 15.2 Å². The van der Waals surface area contributed by atoms with Crippen LogP contribution in [0.15, 0.2) is 34.1 Å². The van der Waals surface area contributed by atoms with Gasteiger partial charge in [0.1, 0.15) is 18.5 Å². The standard InChI is InChI=1S/C16H16BrN3O3S/c17-16-4-2-13(24-16)10-18-5-7-19(8-6-18)14-3-1-12(11-21)9-15(14)20(22)23/h1-4,9,11H,5-8,10H2/p+1. The average molecular weight is 411 g/mol. The predicted molar refractivity (Wildman–Crippen MR) is 97.1 cm³/mol. The van der Waals surface area contributed by atoms with Gasteiger partial charge in [-0.05, 0) is 40.2 Å². The molecular formula is C16H17BrN3O3S+.